The molecule has 0 bridgehead atoms. The molecule has 0 saturated heterocycles. The number of aromatic amines is 1. The molecule has 0 unspecified atom stereocenters. The Balaban J connectivity index is 1.34. The molecule has 0 aliphatic carbocycles. The Hall–Kier alpha value is -3.60. The lowest BCUT2D eigenvalue weighted by Crippen LogP contribution is -2.26. The highest BCUT2D eigenvalue weighted by atomic mass is 16.5. The molecule has 1 amide bonds. The number of nitrogens with zero attached hydrogens (tertiary/aromatic N) is 1. The van der Waals surface area contributed by atoms with Crippen molar-refractivity contribution in [2.24, 2.45) is 0 Å². The first-order valence-corrected chi connectivity index (χ1v) is 9.21. The minimum atomic E-state index is -0.137. The number of amides is 1. The number of carbonyl (C=O) groups is 1. The highest BCUT2D eigenvalue weighted by Crippen LogP contribution is 2.29. The molecule has 4 aromatic rings. The molecule has 0 fully saturated rings. The zero-order chi connectivity index (χ0) is 19.3. The van der Waals surface area contributed by atoms with Crippen molar-refractivity contribution >= 4 is 33.8 Å². The molecule has 2 aromatic carbocycles. The van der Waals surface area contributed by atoms with Crippen LogP contribution in [0.2, 0.25) is 0 Å². The Morgan fingerprint density at radius 2 is 2.00 bits per heavy atom. The van der Waals surface area contributed by atoms with Crippen molar-refractivity contribution in [3.63, 3.8) is 0 Å². The summed E-state index contributed by atoms with van der Waals surface area (Å²) in [4.78, 5) is 19.6. The van der Waals surface area contributed by atoms with E-state index in [1.54, 1.807) is 6.08 Å². The first-order chi connectivity index (χ1) is 13.7. The number of pyridine rings is 1. The van der Waals surface area contributed by atoms with E-state index in [0.717, 1.165) is 38.8 Å². The summed E-state index contributed by atoms with van der Waals surface area (Å²) < 4.78 is 5.81. The second kappa shape index (κ2) is 7.96. The van der Waals surface area contributed by atoms with Gasteiger partial charge in [0.05, 0.1) is 17.8 Å². The van der Waals surface area contributed by atoms with Gasteiger partial charge in [-0.3, -0.25) is 9.78 Å². The summed E-state index contributed by atoms with van der Waals surface area (Å²) in [5, 5.41) is 5.06. The number of H-pyrrole nitrogens is 1. The van der Waals surface area contributed by atoms with Gasteiger partial charge in [-0.05, 0) is 42.8 Å². The number of carbonyl (C=O) groups excluding carboxylic acids is 1. The van der Waals surface area contributed by atoms with E-state index in [9.17, 15) is 4.79 Å². The largest absolute Gasteiger partial charge is 0.492 e. The average Bonchev–Trinajstić information content (AvgIpc) is 3.10. The van der Waals surface area contributed by atoms with Crippen LogP contribution in [0, 0.1) is 6.92 Å². The SMILES string of the molecule is Cc1nccc2c1[nH]c1ccc(OCCNC(=O)/C=C/c3ccccc3)cc12. The van der Waals surface area contributed by atoms with Crippen molar-refractivity contribution in [1.29, 1.82) is 0 Å². The standard InChI is InChI=1S/C23H21N3O2/c1-16-23-19(11-12-24-16)20-15-18(8-9-21(20)26-23)28-14-13-25-22(27)10-7-17-5-3-2-4-6-17/h2-12,15,26H,13-14H2,1H3,(H,25,27)/b10-7+. The molecule has 5 nitrogen and oxygen atoms in total. The minimum Gasteiger partial charge on any atom is -0.492 e. The molecule has 2 heterocycles. The molecule has 2 aromatic heterocycles. The van der Waals surface area contributed by atoms with Gasteiger partial charge in [0.25, 0.3) is 0 Å². The Bertz CT molecular complexity index is 1150. The molecule has 0 radical (unpaired) electrons. The number of hydrogen-bond acceptors (Lipinski definition) is 3. The summed E-state index contributed by atoms with van der Waals surface area (Å²) in [6.07, 6.45) is 5.14. The number of benzene rings is 2. The van der Waals surface area contributed by atoms with E-state index >= 15 is 0 Å². The number of fused-ring (bicyclic) bond motifs is 3. The van der Waals surface area contributed by atoms with Crippen molar-refractivity contribution in [3.05, 3.63) is 78.1 Å². The van der Waals surface area contributed by atoms with Crippen molar-refractivity contribution in [2.45, 2.75) is 6.92 Å². The fraction of sp³-hybridized carbons (Fsp3) is 0.130. The van der Waals surface area contributed by atoms with Gasteiger partial charge in [0.1, 0.15) is 12.4 Å². The number of aromatic nitrogens is 2. The Labute approximate surface area is 163 Å². The number of rotatable bonds is 6. The van der Waals surface area contributed by atoms with E-state index in [2.05, 4.69) is 15.3 Å². The minimum absolute atomic E-state index is 0.137. The van der Waals surface area contributed by atoms with E-state index in [0.29, 0.717) is 13.2 Å². The number of hydrogen-bond donors (Lipinski definition) is 2. The van der Waals surface area contributed by atoms with E-state index in [1.807, 2.05) is 67.7 Å². The molecule has 2 N–H and O–H groups in total. The fourth-order valence-corrected chi connectivity index (χ4v) is 3.17. The Kier molecular flexibility index (Phi) is 5.06. The molecule has 0 atom stereocenters. The summed E-state index contributed by atoms with van der Waals surface area (Å²) in [7, 11) is 0. The van der Waals surface area contributed by atoms with Crippen LogP contribution < -0.4 is 10.1 Å². The average molecular weight is 371 g/mol. The third-order valence-electron chi connectivity index (χ3n) is 4.58. The molecule has 4 rings (SSSR count). The zero-order valence-electron chi connectivity index (χ0n) is 15.6. The van der Waals surface area contributed by atoms with Gasteiger partial charge in [0, 0.05) is 28.6 Å². The molecular weight excluding hydrogens is 350 g/mol. The predicted molar refractivity (Wildman–Crippen MR) is 112 cm³/mol. The maximum atomic E-state index is 11.9. The summed E-state index contributed by atoms with van der Waals surface area (Å²) in [6.45, 7) is 2.83. The maximum absolute atomic E-state index is 11.9. The van der Waals surface area contributed by atoms with E-state index < -0.39 is 0 Å². The van der Waals surface area contributed by atoms with Crippen molar-refractivity contribution in [1.82, 2.24) is 15.3 Å². The highest BCUT2D eigenvalue weighted by molar-refractivity contribution is 6.08. The van der Waals surface area contributed by atoms with Gasteiger partial charge in [0.2, 0.25) is 5.91 Å². The summed E-state index contributed by atoms with van der Waals surface area (Å²) in [6, 6.07) is 17.7. The molecule has 0 saturated carbocycles. The van der Waals surface area contributed by atoms with Crippen LogP contribution in [0.3, 0.4) is 0 Å². The predicted octanol–water partition coefficient (Wildman–Crippen LogP) is 4.23. The zero-order valence-corrected chi connectivity index (χ0v) is 15.6. The molecule has 0 aliphatic rings. The Morgan fingerprint density at radius 1 is 1.14 bits per heavy atom. The Morgan fingerprint density at radius 3 is 2.86 bits per heavy atom. The van der Waals surface area contributed by atoms with Gasteiger partial charge < -0.3 is 15.0 Å². The maximum Gasteiger partial charge on any atom is 0.244 e. The lowest BCUT2D eigenvalue weighted by Gasteiger charge is -2.07. The van der Waals surface area contributed by atoms with E-state index in [1.165, 1.54) is 6.08 Å². The van der Waals surface area contributed by atoms with Gasteiger partial charge in [-0.15, -0.1) is 0 Å². The molecule has 0 aliphatic heterocycles. The third-order valence-corrected chi connectivity index (χ3v) is 4.58. The molecule has 28 heavy (non-hydrogen) atoms. The smallest absolute Gasteiger partial charge is 0.244 e. The quantitative estimate of drug-likeness (QED) is 0.394. The topological polar surface area (TPSA) is 67.0 Å². The van der Waals surface area contributed by atoms with Crippen LogP contribution in [0.15, 0.2) is 66.9 Å². The van der Waals surface area contributed by atoms with Gasteiger partial charge in [-0.25, -0.2) is 0 Å². The summed E-state index contributed by atoms with van der Waals surface area (Å²) in [5.74, 6) is 0.638. The van der Waals surface area contributed by atoms with Crippen LogP contribution in [-0.4, -0.2) is 29.0 Å². The fourth-order valence-electron chi connectivity index (χ4n) is 3.17. The second-order valence-corrected chi connectivity index (χ2v) is 6.53. The molecule has 5 heteroatoms. The van der Waals surface area contributed by atoms with Crippen LogP contribution >= 0.6 is 0 Å². The lowest BCUT2D eigenvalue weighted by molar-refractivity contribution is -0.116. The third kappa shape index (κ3) is 3.88. The van der Waals surface area contributed by atoms with Crippen molar-refractivity contribution in [2.75, 3.05) is 13.2 Å². The first-order valence-electron chi connectivity index (χ1n) is 9.21. The normalized spacial score (nSPS) is 11.3. The van der Waals surface area contributed by atoms with Crippen molar-refractivity contribution < 1.29 is 9.53 Å². The highest BCUT2D eigenvalue weighted by Gasteiger charge is 2.08. The monoisotopic (exact) mass is 371 g/mol. The van der Waals surface area contributed by atoms with Crippen LogP contribution in [0.5, 0.6) is 5.75 Å². The van der Waals surface area contributed by atoms with Gasteiger partial charge in [0.15, 0.2) is 0 Å². The van der Waals surface area contributed by atoms with Gasteiger partial charge in [-0.1, -0.05) is 30.3 Å². The molecule has 140 valence electrons. The van der Waals surface area contributed by atoms with E-state index in [4.69, 9.17) is 4.74 Å². The molecular formula is C23H21N3O2. The molecule has 0 spiro atoms. The number of ether oxygens (including phenoxy) is 1. The lowest BCUT2D eigenvalue weighted by atomic mass is 10.1. The van der Waals surface area contributed by atoms with Crippen molar-refractivity contribution in [3.8, 4) is 5.75 Å². The number of aryl methyl sites for hydroxylation is 1. The number of nitrogens with one attached hydrogen (secondary N) is 2. The summed E-state index contributed by atoms with van der Waals surface area (Å²) in [5.41, 5.74) is 4.07. The van der Waals surface area contributed by atoms with E-state index in [-0.39, 0.29) is 5.91 Å². The van der Waals surface area contributed by atoms with Crippen LogP contribution in [-0.2, 0) is 4.79 Å². The van der Waals surface area contributed by atoms with Crippen LogP contribution in [0.4, 0.5) is 0 Å². The summed E-state index contributed by atoms with van der Waals surface area (Å²) >= 11 is 0. The second-order valence-electron chi connectivity index (χ2n) is 6.53. The van der Waals surface area contributed by atoms with Crippen LogP contribution in [0.25, 0.3) is 27.9 Å². The first kappa shape index (κ1) is 17.8. The van der Waals surface area contributed by atoms with Crippen LogP contribution in [0.1, 0.15) is 11.3 Å². The van der Waals surface area contributed by atoms with Gasteiger partial charge >= 0.3 is 0 Å². The van der Waals surface area contributed by atoms with Gasteiger partial charge in [-0.2, -0.15) is 0 Å².